The molecule has 7 heteroatoms. The van der Waals surface area contributed by atoms with Crippen molar-refractivity contribution in [3.63, 3.8) is 0 Å². The number of thioether (sulfide) groups is 1. The summed E-state index contributed by atoms with van der Waals surface area (Å²) in [6.07, 6.45) is 0.930. The highest BCUT2D eigenvalue weighted by atomic mass is 32.2. The number of nitrogens with zero attached hydrogens (tertiary/aromatic N) is 2. The van der Waals surface area contributed by atoms with Gasteiger partial charge in [0.05, 0.1) is 29.1 Å². The average molecular weight is 461 g/mol. The molecule has 1 aliphatic heterocycles. The SMILES string of the molecule is COc1ccc2nc(NCCc3ccc(/N=C4/N[C@@H](c5ccccc5)CS4)cc3)sc2c1. The predicted molar refractivity (Wildman–Crippen MR) is 137 cm³/mol. The number of hydrogen-bond acceptors (Lipinski definition) is 6. The third kappa shape index (κ3) is 4.89. The molecule has 1 atom stereocenters. The van der Waals surface area contributed by atoms with E-state index in [0.717, 1.165) is 50.7 Å². The monoisotopic (exact) mass is 460 g/mol. The van der Waals surface area contributed by atoms with Crippen LogP contribution in [0.2, 0.25) is 0 Å². The van der Waals surface area contributed by atoms with Gasteiger partial charge in [-0.05, 0) is 47.9 Å². The predicted octanol–water partition coefficient (Wildman–Crippen LogP) is 6.02. The van der Waals surface area contributed by atoms with Gasteiger partial charge in [0.2, 0.25) is 0 Å². The van der Waals surface area contributed by atoms with Crippen molar-refractivity contribution in [2.75, 3.05) is 24.7 Å². The Labute approximate surface area is 196 Å². The number of aliphatic imine (C=N–C) groups is 1. The third-order valence-electron chi connectivity index (χ3n) is 5.34. The number of ether oxygens (including phenoxy) is 1. The standard InChI is InChI=1S/C25H24N4OS2/c1-30-20-11-12-21-23(15-20)32-24(28-21)26-14-13-17-7-9-19(10-8-17)27-25-29-22(16-31-25)18-5-3-2-4-6-18/h2-12,15,22H,13-14,16H2,1H3,(H,26,28)(H,27,29)/t22-/m1/s1. The second-order valence-electron chi connectivity index (χ2n) is 7.53. The van der Waals surface area contributed by atoms with E-state index < -0.39 is 0 Å². The van der Waals surface area contributed by atoms with Gasteiger partial charge in [-0.3, -0.25) is 0 Å². The van der Waals surface area contributed by atoms with Crippen molar-refractivity contribution < 1.29 is 4.74 Å². The number of amidine groups is 1. The van der Waals surface area contributed by atoms with Crippen LogP contribution < -0.4 is 15.4 Å². The maximum Gasteiger partial charge on any atom is 0.183 e. The second-order valence-corrected chi connectivity index (χ2v) is 9.57. The fraction of sp³-hybridized carbons (Fsp3) is 0.200. The number of fused-ring (bicyclic) bond motifs is 1. The van der Waals surface area contributed by atoms with Gasteiger partial charge in [0.25, 0.3) is 0 Å². The van der Waals surface area contributed by atoms with Crippen molar-refractivity contribution in [1.29, 1.82) is 0 Å². The molecule has 5 rings (SSSR count). The first-order valence-corrected chi connectivity index (χ1v) is 12.4. The van der Waals surface area contributed by atoms with Crippen molar-refractivity contribution in [3.05, 3.63) is 83.9 Å². The van der Waals surface area contributed by atoms with Gasteiger partial charge in [-0.2, -0.15) is 0 Å². The first-order valence-electron chi connectivity index (χ1n) is 10.6. The maximum atomic E-state index is 5.29. The normalized spacial score (nSPS) is 16.9. The molecule has 0 saturated carbocycles. The largest absolute Gasteiger partial charge is 0.497 e. The minimum Gasteiger partial charge on any atom is -0.497 e. The zero-order valence-corrected chi connectivity index (χ0v) is 19.4. The molecule has 0 aliphatic carbocycles. The highest BCUT2D eigenvalue weighted by Gasteiger charge is 2.21. The fourth-order valence-corrected chi connectivity index (χ4v) is 5.52. The summed E-state index contributed by atoms with van der Waals surface area (Å²) in [5.41, 5.74) is 4.55. The van der Waals surface area contributed by atoms with E-state index in [-0.39, 0.29) is 0 Å². The van der Waals surface area contributed by atoms with E-state index in [0.29, 0.717) is 6.04 Å². The van der Waals surface area contributed by atoms with Crippen LogP contribution in [0.4, 0.5) is 10.8 Å². The van der Waals surface area contributed by atoms with Gasteiger partial charge in [0.1, 0.15) is 5.75 Å². The molecule has 1 fully saturated rings. The van der Waals surface area contributed by atoms with Gasteiger partial charge >= 0.3 is 0 Å². The molecular weight excluding hydrogens is 436 g/mol. The van der Waals surface area contributed by atoms with Crippen LogP contribution in [0.1, 0.15) is 17.2 Å². The first kappa shape index (κ1) is 20.8. The molecule has 0 spiro atoms. The van der Waals surface area contributed by atoms with Crippen LogP contribution in [0, 0.1) is 0 Å². The van der Waals surface area contributed by atoms with E-state index >= 15 is 0 Å². The van der Waals surface area contributed by atoms with E-state index in [1.807, 2.05) is 24.3 Å². The molecule has 1 saturated heterocycles. The first-order chi connectivity index (χ1) is 15.8. The number of rotatable bonds is 7. The molecule has 4 aromatic rings. The summed E-state index contributed by atoms with van der Waals surface area (Å²) in [5.74, 6) is 1.86. The van der Waals surface area contributed by atoms with Gasteiger partial charge in [0, 0.05) is 12.3 Å². The second kappa shape index (κ2) is 9.63. The Morgan fingerprint density at radius 3 is 2.75 bits per heavy atom. The Hall–Kier alpha value is -3.03. The van der Waals surface area contributed by atoms with Crippen LogP contribution in [0.15, 0.2) is 77.8 Å². The van der Waals surface area contributed by atoms with Gasteiger partial charge < -0.3 is 15.4 Å². The smallest absolute Gasteiger partial charge is 0.183 e. The number of anilines is 1. The minimum atomic E-state index is 0.328. The lowest BCUT2D eigenvalue weighted by Gasteiger charge is -2.09. The van der Waals surface area contributed by atoms with E-state index in [4.69, 9.17) is 9.73 Å². The number of methoxy groups -OCH3 is 1. The van der Waals surface area contributed by atoms with Gasteiger partial charge in [-0.1, -0.05) is 65.6 Å². The lowest BCUT2D eigenvalue weighted by Crippen LogP contribution is -2.18. The van der Waals surface area contributed by atoms with E-state index in [1.165, 1.54) is 11.1 Å². The number of nitrogens with one attached hydrogen (secondary N) is 2. The summed E-state index contributed by atoms with van der Waals surface area (Å²) >= 11 is 3.43. The average Bonchev–Trinajstić information content (AvgIpc) is 3.47. The quantitative estimate of drug-likeness (QED) is 0.353. The number of benzene rings is 3. The minimum absolute atomic E-state index is 0.328. The summed E-state index contributed by atoms with van der Waals surface area (Å²) < 4.78 is 6.42. The summed E-state index contributed by atoms with van der Waals surface area (Å²) in [5, 5.41) is 8.90. The van der Waals surface area contributed by atoms with Crippen LogP contribution in [-0.2, 0) is 6.42 Å². The number of thiazole rings is 1. The Kier molecular flexibility index (Phi) is 6.27. The fourth-order valence-electron chi connectivity index (χ4n) is 3.60. The summed E-state index contributed by atoms with van der Waals surface area (Å²) in [6, 6.07) is 25.3. The highest BCUT2D eigenvalue weighted by molar-refractivity contribution is 8.14. The summed E-state index contributed by atoms with van der Waals surface area (Å²) in [7, 11) is 1.68. The molecule has 0 radical (unpaired) electrons. The Balaban J connectivity index is 1.15. The van der Waals surface area contributed by atoms with Crippen LogP contribution >= 0.6 is 23.1 Å². The molecule has 2 heterocycles. The third-order valence-corrected chi connectivity index (χ3v) is 7.30. The van der Waals surface area contributed by atoms with Crippen molar-refractivity contribution in [3.8, 4) is 5.75 Å². The zero-order valence-electron chi connectivity index (χ0n) is 17.7. The van der Waals surface area contributed by atoms with Gasteiger partial charge in [-0.15, -0.1) is 0 Å². The Bertz CT molecular complexity index is 1220. The molecule has 0 amide bonds. The molecule has 5 nitrogen and oxygen atoms in total. The van der Waals surface area contributed by atoms with Crippen molar-refractivity contribution in [2.24, 2.45) is 4.99 Å². The van der Waals surface area contributed by atoms with Gasteiger partial charge in [-0.25, -0.2) is 9.98 Å². The Morgan fingerprint density at radius 1 is 1.09 bits per heavy atom. The Morgan fingerprint density at radius 2 is 1.94 bits per heavy atom. The lowest BCUT2D eigenvalue weighted by atomic mass is 10.1. The molecule has 3 aromatic carbocycles. The van der Waals surface area contributed by atoms with Crippen LogP contribution in [0.3, 0.4) is 0 Å². The number of hydrogen-bond donors (Lipinski definition) is 2. The van der Waals surface area contributed by atoms with Crippen LogP contribution in [0.5, 0.6) is 5.75 Å². The number of aromatic nitrogens is 1. The molecule has 1 aliphatic rings. The molecule has 32 heavy (non-hydrogen) atoms. The van der Waals surface area contributed by atoms with E-state index in [1.54, 1.807) is 30.2 Å². The van der Waals surface area contributed by atoms with Crippen molar-refractivity contribution in [2.45, 2.75) is 12.5 Å². The van der Waals surface area contributed by atoms with Crippen molar-refractivity contribution >= 4 is 49.3 Å². The van der Waals surface area contributed by atoms with E-state index in [9.17, 15) is 0 Å². The molecular formula is C25H24N4OS2. The van der Waals surface area contributed by atoms with Gasteiger partial charge in [0.15, 0.2) is 10.3 Å². The van der Waals surface area contributed by atoms with Crippen LogP contribution in [0.25, 0.3) is 10.2 Å². The molecule has 2 N–H and O–H groups in total. The van der Waals surface area contributed by atoms with Crippen molar-refractivity contribution in [1.82, 2.24) is 10.3 Å². The summed E-state index contributed by atoms with van der Waals surface area (Å²) in [6.45, 7) is 0.834. The maximum absolute atomic E-state index is 5.29. The molecule has 162 valence electrons. The summed E-state index contributed by atoms with van der Waals surface area (Å²) in [4.78, 5) is 9.42. The van der Waals surface area contributed by atoms with E-state index in [2.05, 4.69) is 64.1 Å². The molecule has 0 unspecified atom stereocenters. The van der Waals surface area contributed by atoms with Crippen LogP contribution in [-0.4, -0.2) is 29.6 Å². The molecule has 0 bridgehead atoms. The topological polar surface area (TPSA) is 58.5 Å². The lowest BCUT2D eigenvalue weighted by molar-refractivity contribution is 0.415. The molecule has 1 aromatic heterocycles. The zero-order chi connectivity index (χ0) is 21.8. The highest BCUT2D eigenvalue weighted by Crippen LogP contribution is 2.30.